The molecule has 0 N–H and O–H groups in total. The summed E-state index contributed by atoms with van der Waals surface area (Å²) >= 11 is 0. The van der Waals surface area contributed by atoms with Crippen LogP contribution in [0.25, 0.3) is 49.7 Å². The van der Waals surface area contributed by atoms with Crippen molar-refractivity contribution in [1.82, 2.24) is 4.57 Å². The second kappa shape index (κ2) is 13.3. The third-order valence-corrected chi connectivity index (χ3v) is 10.2. The largest absolute Gasteiger partial charge is 0.338 e. The predicted molar refractivity (Wildman–Crippen MR) is 208 cm³/mol. The highest BCUT2D eigenvalue weighted by Gasteiger charge is 2.29. The SMILES string of the molecule is CC1CC(C#N)=CC2=C1N(c1cccc(-c3cc#cc(C#N)c3-c3ccccc3-n3c4ccccc4c4cc(C#N)ccc43)c1)C(C)/C=C\C=C/C2. The minimum absolute atomic E-state index is 0.0462. The molecule has 246 valence electrons. The van der Waals surface area contributed by atoms with E-state index in [2.05, 4.69) is 133 Å². The summed E-state index contributed by atoms with van der Waals surface area (Å²) in [6.45, 7) is 4.41. The Hall–Kier alpha value is -7.05. The maximum Gasteiger partial charge on any atom is 0.111 e. The fourth-order valence-electron chi connectivity index (χ4n) is 7.94. The van der Waals surface area contributed by atoms with E-state index < -0.39 is 0 Å². The summed E-state index contributed by atoms with van der Waals surface area (Å²) in [5, 5.41) is 32.1. The lowest BCUT2D eigenvalue weighted by Crippen LogP contribution is -2.35. The van der Waals surface area contributed by atoms with E-state index in [1.807, 2.05) is 48.5 Å². The van der Waals surface area contributed by atoms with Gasteiger partial charge in [0.05, 0.1) is 34.4 Å². The van der Waals surface area contributed by atoms with E-state index in [-0.39, 0.29) is 12.0 Å². The molecule has 0 amide bonds. The van der Waals surface area contributed by atoms with Crippen molar-refractivity contribution in [3.05, 3.63) is 168 Å². The van der Waals surface area contributed by atoms with E-state index in [0.717, 1.165) is 73.0 Å². The van der Waals surface area contributed by atoms with Crippen LogP contribution in [0.2, 0.25) is 0 Å². The first kappa shape index (κ1) is 32.2. The molecule has 2 heterocycles. The number of hydrogen-bond donors (Lipinski definition) is 0. The highest BCUT2D eigenvalue weighted by molar-refractivity contribution is 6.10. The van der Waals surface area contributed by atoms with Gasteiger partial charge in [0.2, 0.25) is 0 Å². The Labute approximate surface area is 304 Å². The van der Waals surface area contributed by atoms with Crippen molar-refractivity contribution in [2.45, 2.75) is 32.7 Å². The number of nitrogens with zero attached hydrogens (tertiary/aromatic N) is 5. The molecule has 0 radical (unpaired) electrons. The normalized spacial score (nSPS) is 18.1. The van der Waals surface area contributed by atoms with E-state index in [4.69, 9.17) is 0 Å². The van der Waals surface area contributed by atoms with Crippen LogP contribution < -0.4 is 4.90 Å². The molecule has 5 aromatic carbocycles. The van der Waals surface area contributed by atoms with Crippen LogP contribution >= 0.6 is 0 Å². The zero-order valence-corrected chi connectivity index (χ0v) is 28.9. The van der Waals surface area contributed by atoms with Gasteiger partial charge in [0.25, 0.3) is 0 Å². The van der Waals surface area contributed by atoms with Gasteiger partial charge < -0.3 is 9.47 Å². The Morgan fingerprint density at radius 2 is 1.60 bits per heavy atom. The fourth-order valence-corrected chi connectivity index (χ4v) is 7.94. The van der Waals surface area contributed by atoms with Crippen molar-refractivity contribution in [2.75, 3.05) is 4.90 Å². The maximum absolute atomic E-state index is 10.6. The molecule has 5 heteroatoms. The molecule has 0 saturated carbocycles. The second-order valence-electron chi connectivity index (χ2n) is 13.4. The van der Waals surface area contributed by atoms with Crippen LogP contribution in [-0.2, 0) is 0 Å². The average Bonchev–Trinajstić information content (AvgIpc) is 3.54. The van der Waals surface area contributed by atoms with Gasteiger partial charge in [-0.1, -0.05) is 91.9 Å². The highest BCUT2D eigenvalue weighted by atomic mass is 15.2. The topological polar surface area (TPSA) is 79.5 Å². The van der Waals surface area contributed by atoms with Gasteiger partial charge in [-0.2, -0.15) is 15.8 Å². The predicted octanol–water partition coefficient (Wildman–Crippen LogP) is 10.9. The third kappa shape index (κ3) is 5.43. The molecular weight excluding hydrogens is 635 g/mol. The first-order valence-electron chi connectivity index (χ1n) is 17.5. The second-order valence-corrected chi connectivity index (χ2v) is 13.4. The van der Waals surface area contributed by atoms with Gasteiger partial charge in [0.15, 0.2) is 0 Å². The number of para-hydroxylation sites is 2. The molecule has 0 spiro atoms. The van der Waals surface area contributed by atoms with Crippen LogP contribution in [0.15, 0.2) is 144 Å². The number of hydrogen-bond acceptors (Lipinski definition) is 4. The van der Waals surface area contributed by atoms with E-state index in [0.29, 0.717) is 17.5 Å². The summed E-state index contributed by atoms with van der Waals surface area (Å²) < 4.78 is 2.23. The van der Waals surface area contributed by atoms with Crippen LogP contribution in [0, 0.1) is 52.0 Å². The number of anilines is 1. The van der Waals surface area contributed by atoms with Gasteiger partial charge in [0.1, 0.15) is 11.6 Å². The van der Waals surface area contributed by atoms with Crippen LogP contribution in [0.5, 0.6) is 0 Å². The molecule has 0 bridgehead atoms. The van der Waals surface area contributed by atoms with Crippen LogP contribution in [0.4, 0.5) is 5.69 Å². The Morgan fingerprint density at radius 1 is 0.769 bits per heavy atom. The smallest absolute Gasteiger partial charge is 0.111 e. The zero-order valence-electron chi connectivity index (χ0n) is 28.9. The number of benzene rings is 4. The number of nitriles is 3. The van der Waals surface area contributed by atoms with Crippen molar-refractivity contribution < 1.29 is 0 Å². The molecule has 0 fully saturated rings. The van der Waals surface area contributed by atoms with E-state index >= 15 is 0 Å². The lowest BCUT2D eigenvalue weighted by atomic mass is 9.85. The highest BCUT2D eigenvalue weighted by Crippen LogP contribution is 2.43. The van der Waals surface area contributed by atoms with E-state index in [9.17, 15) is 15.8 Å². The molecule has 0 saturated heterocycles. The first-order chi connectivity index (χ1) is 25.5. The fraction of sp³-hybridized carbons (Fsp3) is 0.128. The molecule has 1 aromatic heterocycles. The Bertz CT molecular complexity index is 2660. The summed E-state index contributed by atoms with van der Waals surface area (Å²) in [7, 11) is 0. The van der Waals surface area contributed by atoms with Gasteiger partial charge in [-0.3, -0.25) is 0 Å². The summed E-state index contributed by atoms with van der Waals surface area (Å²) in [5.41, 5.74) is 11.7. The van der Waals surface area contributed by atoms with Crippen LogP contribution in [-0.4, -0.2) is 10.6 Å². The van der Waals surface area contributed by atoms with Crippen molar-refractivity contribution in [2.24, 2.45) is 5.92 Å². The lowest BCUT2D eigenvalue weighted by Gasteiger charge is -2.38. The van der Waals surface area contributed by atoms with Crippen LogP contribution in [0.3, 0.4) is 0 Å². The van der Waals surface area contributed by atoms with Gasteiger partial charge in [-0.15, -0.1) is 0 Å². The maximum atomic E-state index is 10.6. The lowest BCUT2D eigenvalue weighted by molar-refractivity contribution is 0.608. The summed E-state index contributed by atoms with van der Waals surface area (Å²) in [4.78, 5) is 2.41. The Kier molecular flexibility index (Phi) is 8.26. The molecule has 1 aliphatic carbocycles. The number of rotatable bonds is 4. The van der Waals surface area contributed by atoms with Gasteiger partial charge >= 0.3 is 0 Å². The number of fused-ring (bicyclic) bond motifs is 3. The standard InChI is InChI=1S/C47H33N5/c1-31-24-34(29-49)25-36-13-5-3-4-12-32(2)51(47(31)36)38-16-10-14-35(27-38)39-19-11-15-37(30-50)46(39)41-18-7-9-21-44(41)52-43-20-8-6-17-40(43)42-26-33(28-48)22-23-45(42)52/h3-10,12,14,16-23,25-27,31-32H,13,24H2,1-2H3/b5-3-,12-4-. The third-order valence-electron chi connectivity index (χ3n) is 10.2. The van der Waals surface area contributed by atoms with Crippen molar-refractivity contribution >= 4 is 27.5 Å². The molecule has 52 heavy (non-hydrogen) atoms. The van der Waals surface area contributed by atoms with E-state index in [1.165, 1.54) is 5.70 Å². The molecular formula is C47H33N5. The van der Waals surface area contributed by atoms with Crippen molar-refractivity contribution in [3.63, 3.8) is 0 Å². The molecule has 2 unspecified atom stereocenters. The Balaban J connectivity index is 1.34. The minimum Gasteiger partial charge on any atom is -0.338 e. The van der Waals surface area contributed by atoms with Gasteiger partial charge in [-0.25, -0.2) is 0 Å². The van der Waals surface area contributed by atoms with E-state index in [1.54, 1.807) is 0 Å². The molecule has 8 rings (SSSR count). The number of allylic oxidation sites excluding steroid dienone is 7. The summed E-state index contributed by atoms with van der Waals surface area (Å²) in [6, 6.07) is 46.1. The van der Waals surface area contributed by atoms with Crippen molar-refractivity contribution in [3.8, 4) is 46.1 Å². The first-order valence-corrected chi connectivity index (χ1v) is 17.5. The molecule has 1 aliphatic heterocycles. The summed E-state index contributed by atoms with van der Waals surface area (Å²) in [5.74, 6) is 0.156. The quantitative estimate of drug-likeness (QED) is 0.187. The summed E-state index contributed by atoms with van der Waals surface area (Å²) in [6.07, 6.45) is 12.1. The molecule has 5 nitrogen and oxygen atoms in total. The molecule has 2 atom stereocenters. The van der Waals surface area contributed by atoms with Crippen molar-refractivity contribution in [1.29, 1.82) is 15.8 Å². The number of aromatic nitrogens is 1. The average molecular weight is 668 g/mol. The zero-order chi connectivity index (χ0) is 35.8. The molecule has 2 aliphatic rings. The minimum atomic E-state index is 0.0462. The van der Waals surface area contributed by atoms with Crippen LogP contribution in [0.1, 0.15) is 37.8 Å². The Morgan fingerprint density at radius 3 is 2.44 bits per heavy atom. The van der Waals surface area contributed by atoms with Gasteiger partial charge in [0, 0.05) is 50.8 Å². The molecule has 6 aromatic rings. The van der Waals surface area contributed by atoms with Gasteiger partial charge in [-0.05, 0) is 91.1 Å². The monoisotopic (exact) mass is 667 g/mol.